The molecule has 0 N–H and O–H groups in total. The molecule has 0 radical (unpaired) electrons. The summed E-state index contributed by atoms with van der Waals surface area (Å²) in [5.41, 5.74) is 1.29. The highest BCUT2D eigenvalue weighted by Gasteiger charge is 2.09. The van der Waals surface area contributed by atoms with Crippen molar-refractivity contribution in [1.82, 2.24) is 19.3 Å². The van der Waals surface area contributed by atoms with E-state index in [4.69, 9.17) is 4.74 Å². The summed E-state index contributed by atoms with van der Waals surface area (Å²) in [5.74, 6) is 0. The van der Waals surface area contributed by atoms with Gasteiger partial charge in [0.2, 0.25) is 0 Å². The molecule has 0 spiro atoms. The number of hydrogen-bond donors (Lipinski definition) is 0. The maximum absolute atomic E-state index is 11.8. The summed E-state index contributed by atoms with van der Waals surface area (Å²) < 4.78 is 8.25. The van der Waals surface area contributed by atoms with Crippen molar-refractivity contribution in [3.63, 3.8) is 0 Å². The molecule has 6 nitrogen and oxygen atoms in total. The summed E-state index contributed by atoms with van der Waals surface area (Å²) in [6.07, 6.45) is 1.83. The lowest BCUT2D eigenvalue weighted by Gasteiger charge is -2.09. The van der Waals surface area contributed by atoms with Crippen LogP contribution >= 0.6 is 0 Å². The van der Waals surface area contributed by atoms with Crippen LogP contribution in [-0.2, 0) is 13.6 Å². The van der Waals surface area contributed by atoms with Gasteiger partial charge in [0.15, 0.2) is 0 Å². The van der Waals surface area contributed by atoms with Gasteiger partial charge in [-0.05, 0) is 13.0 Å². The first-order valence-corrected chi connectivity index (χ1v) is 5.21. The van der Waals surface area contributed by atoms with Crippen LogP contribution in [0.5, 0.6) is 6.01 Å². The van der Waals surface area contributed by atoms with E-state index in [-0.39, 0.29) is 5.56 Å². The summed E-state index contributed by atoms with van der Waals surface area (Å²) in [6.45, 7) is 2.12. The van der Waals surface area contributed by atoms with Crippen LogP contribution in [0.3, 0.4) is 0 Å². The van der Waals surface area contributed by atoms with Gasteiger partial charge >= 0.3 is 0 Å². The van der Waals surface area contributed by atoms with Gasteiger partial charge in [-0.3, -0.25) is 14.0 Å². The van der Waals surface area contributed by atoms with Crippen LogP contribution in [0, 0.1) is 6.92 Å². The van der Waals surface area contributed by atoms with E-state index in [1.165, 1.54) is 17.7 Å². The molecule has 0 aliphatic rings. The van der Waals surface area contributed by atoms with E-state index < -0.39 is 0 Å². The van der Waals surface area contributed by atoms with Gasteiger partial charge in [-0.2, -0.15) is 5.10 Å². The van der Waals surface area contributed by atoms with Crippen molar-refractivity contribution in [3.05, 3.63) is 40.1 Å². The highest BCUT2D eigenvalue weighted by Crippen LogP contribution is 2.07. The second kappa shape index (κ2) is 4.40. The zero-order valence-electron chi connectivity index (χ0n) is 10.0. The SMILES string of the molecule is COc1nc(C)cc(=O)n1Cc1ccn(C)n1. The van der Waals surface area contributed by atoms with Gasteiger partial charge in [0.05, 0.1) is 19.3 Å². The van der Waals surface area contributed by atoms with Gasteiger partial charge < -0.3 is 4.74 Å². The van der Waals surface area contributed by atoms with Crippen molar-refractivity contribution >= 4 is 0 Å². The van der Waals surface area contributed by atoms with Crippen LogP contribution in [0.2, 0.25) is 0 Å². The lowest BCUT2D eigenvalue weighted by Crippen LogP contribution is -2.23. The van der Waals surface area contributed by atoms with Crippen molar-refractivity contribution in [2.75, 3.05) is 7.11 Å². The van der Waals surface area contributed by atoms with Gasteiger partial charge in [0.1, 0.15) is 0 Å². The first kappa shape index (κ1) is 11.4. The average Bonchev–Trinajstić information content (AvgIpc) is 2.67. The monoisotopic (exact) mass is 234 g/mol. The third-order valence-electron chi connectivity index (χ3n) is 2.37. The molecule has 2 aromatic rings. The fraction of sp³-hybridized carbons (Fsp3) is 0.364. The van der Waals surface area contributed by atoms with Crippen molar-refractivity contribution in [3.8, 4) is 6.01 Å². The summed E-state index contributed by atoms with van der Waals surface area (Å²) >= 11 is 0. The smallest absolute Gasteiger partial charge is 0.299 e. The number of hydrogen-bond acceptors (Lipinski definition) is 4. The molecule has 90 valence electrons. The van der Waals surface area contributed by atoms with E-state index in [0.29, 0.717) is 18.2 Å². The number of rotatable bonds is 3. The summed E-state index contributed by atoms with van der Waals surface area (Å²) in [4.78, 5) is 16.0. The Labute approximate surface area is 98.5 Å². The number of aryl methyl sites for hydroxylation is 2. The molecular weight excluding hydrogens is 220 g/mol. The molecule has 2 aromatic heterocycles. The first-order valence-electron chi connectivity index (χ1n) is 5.21. The zero-order chi connectivity index (χ0) is 12.4. The average molecular weight is 234 g/mol. The maximum atomic E-state index is 11.8. The van der Waals surface area contributed by atoms with E-state index in [1.807, 2.05) is 19.3 Å². The van der Waals surface area contributed by atoms with Crippen LogP contribution in [0.4, 0.5) is 0 Å². The van der Waals surface area contributed by atoms with Crippen LogP contribution in [0.15, 0.2) is 23.1 Å². The number of nitrogens with zero attached hydrogens (tertiary/aromatic N) is 4. The predicted molar refractivity (Wildman–Crippen MR) is 62.1 cm³/mol. The fourth-order valence-electron chi connectivity index (χ4n) is 1.61. The molecule has 0 amide bonds. The molecule has 0 aliphatic carbocycles. The van der Waals surface area contributed by atoms with E-state index in [9.17, 15) is 4.79 Å². The second-order valence-corrected chi connectivity index (χ2v) is 3.79. The topological polar surface area (TPSA) is 61.9 Å². The fourth-order valence-corrected chi connectivity index (χ4v) is 1.61. The normalized spacial score (nSPS) is 10.5. The molecule has 0 fully saturated rings. The molecule has 2 rings (SSSR count). The molecule has 0 aromatic carbocycles. The number of ether oxygens (including phenoxy) is 1. The minimum Gasteiger partial charge on any atom is -0.468 e. The quantitative estimate of drug-likeness (QED) is 0.768. The highest BCUT2D eigenvalue weighted by atomic mass is 16.5. The lowest BCUT2D eigenvalue weighted by atomic mass is 10.4. The Balaban J connectivity index is 2.41. The lowest BCUT2D eigenvalue weighted by molar-refractivity contribution is 0.349. The van der Waals surface area contributed by atoms with Gasteiger partial charge in [-0.1, -0.05) is 0 Å². The summed E-state index contributed by atoms with van der Waals surface area (Å²) in [6, 6.07) is 3.64. The van der Waals surface area contributed by atoms with Crippen LogP contribution < -0.4 is 10.3 Å². The van der Waals surface area contributed by atoms with Crippen molar-refractivity contribution in [2.45, 2.75) is 13.5 Å². The van der Waals surface area contributed by atoms with Gasteiger partial charge in [-0.25, -0.2) is 4.98 Å². The minimum absolute atomic E-state index is 0.139. The van der Waals surface area contributed by atoms with Crippen LogP contribution in [0.1, 0.15) is 11.4 Å². The Morgan fingerprint density at radius 3 is 2.82 bits per heavy atom. The molecule has 0 saturated heterocycles. The zero-order valence-corrected chi connectivity index (χ0v) is 10.0. The Kier molecular flexibility index (Phi) is 2.95. The van der Waals surface area contributed by atoms with Crippen LogP contribution in [0.25, 0.3) is 0 Å². The molecule has 0 saturated carbocycles. The molecule has 0 aliphatic heterocycles. The van der Waals surface area contributed by atoms with Gasteiger partial charge in [0, 0.05) is 25.0 Å². The van der Waals surface area contributed by atoms with Crippen molar-refractivity contribution in [1.29, 1.82) is 0 Å². The van der Waals surface area contributed by atoms with Gasteiger partial charge in [-0.15, -0.1) is 0 Å². The molecule has 17 heavy (non-hydrogen) atoms. The standard InChI is InChI=1S/C11H14N4O2/c1-8-6-10(16)15(11(12-8)17-3)7-9-4-5-14(2)13-9/h4-6H,7H2,1-3H3. The molecule has 0 atom stereocenters. The molecule has 6 heteroatoms. The molecule has 0 bridgehead atoms. The summed E-state index contributed by atoms with van der Waals surface area (Å²) in [5, 5.41) is 4.22. The van der Waals surface area contributed by atoms with E-state index in [1.54, 1.807) is 11.6 Å². The third-order valence-corrected chi connectivity index (χ3v) is 2.37. The largest absolute Gasteiger partial charge is 0.468 e. The highest BCUT2D eigenvalue weighted by molar-refractivity contribution is 5.10. The Morgan fingerprint density at radius 2 is 2.24 bits per heavy atom. The molecule has 2 heterocycles. The van der Waals surface area contributed by atoms with Crippen molar-refractivity contribution in [2.24, 2.45) is 7.05 Å². The first-order chi connectivity index (χ1) is 8.10. The molecule has 0 unspecified atom stereocenters. The Morgan fingerprint density at radius 1 is 1.47 bits per heavy atom. The number of methoxy groups -OCH3 is 1. The molecular formula is C11H14N4O2. The predicted octanol–water partition coefficient (Wildman–Crippen LogP) is 0.342. The maximum Gasteiger partial charge on any atom is 0.299 e. The van der Waals surface area contributed by atoms with Gasteiger partial charge in [0.25, 0.3) is 11.6 Å². The summed E-state index contributed by atoms with van der Waals surface area (Å²) in [7, 11) is 3.33. The van der Waals surface area contributed by atoms with E-state index in [0.717, 1.165) is 5.69 Å². The Hall–Kier alpha value is -2.11. The minimum atomic E-state index is -0.139. The second-order valence-electron chi connectivity index (χ2n) is 3.79. The Bertz CT molecular complexity index is 585. The third kappa shape index (κ3) is 2.35. The van der Waals surface area contributed by atoms with Crippen LogP contribution in [-0.4, -0.2) is 26.4 Å². The number of aromatic nitrogens is 4. The van der Waals surface area contributed by atoms with Crippen molar-refractivity contribution < 1.29 is 4.74 Å². The van der Waals surface area contributed by atoms with E-state index in [2.05, 4.69) is 10.1 Å². The van der Waals surface area contributed by atoms with E-state index >= 15 is 0 Å².